The molecule has 0 unspecified atom stereocenters. The summed E-state index contributed by atoms with van der Waals surface area (Å²) < 4.78 is 0. The number of anilines is 2. The van der Waals surface area contributed by atoms with E-state index in [9.17, 15) is 0 Å². The summed E-state index contributed by atoms with van der Waals surface area (Å²) in [6.45, 7) is 0.915. The number of thiophene rings is 1. The van der Waals surface area contributed by atoms with Crippen LogP contribution in [0.25, 0.3) is 11.1 Å². The minimum absolute atomic E-state index is 0.296. The lowest BCUT2D eigenvalue weighted by molar-refractivity contribution is 0.695. The van der Waals surface area contributed by atoms with Crippen LogP contribution in [0.2, 0.25) is 0 Å². The largest absolute Gasteiger partial charge is 0.335 e. The van der Waals surface area contributed by atoms with Crippen molar-refractivity contribution in [2.75, 3.05) is 4.90 Å². The first-order chi connectivity index (χ1) is 16.4. The number of hydrogen-bond donors (Lipinski definition) is 0. The third-order valence-electron chi connectivity index (χ3n) is 7.41. The molecule has 0 aliphatic carbocycles. The van der Waals surface area contributed by atoms with Crippen LogP contribution in [0.1, 0.15) is 27.1 Å². The Hall–Kier alpha value is -3.27. The maximum Gasteiger partial charge on any atom is 0.0857 e. The molecule has 0 N–H and O–H groups in total. The monoisotopic (exact) mass is 457 g/mol. The lowest BCUT2D eigenvalue weighted by atomic mass is 9.65. The van der Waals surface area contributed by atoms with E-state index in [-0.39, 0.29) is 5.41 Å². The molecule has 0 saturated carbocycles. The number of hydrogen-bond acceptors (Lipinski definition) is 3. The fraction of sp³-hybridized carbons (Fsp3) is 0.0667. The van der Waals surface area contributed by atoms with E-state index < -0.39 is 0 Å². The van der Waals surface area contributed by atoms with E-state index >= 15 is 0 Å². The van der Waals surface area contributed by atoms with Gasteiger partial charge in [-0.2, -0.15) is 0 Å². The van der Waals surface area contributed by atoms with Crippen LogP contribution in [0.15, 0.2) is 112 Å². The Labute approximate surface area is 201 Å². The van der Waals surface area contributed by atoms with Crippen LogP contribution >= 0.6 is 23.1 Å². The molecule has 0 fully saturated rings. The minimum atomic E-state index is -0.296. The zero-order valence-corrected chi connectivity index (χ0v) is 19.4. The van der Waals surface area contributed by atoms with Gasteiger partial charge in [-0.25, -0.2) is 0 Å². The molecule has 0 bridgehead atoms. The van der Waals surface area contributed by atoms with Gasteiger partial charge in [-0.15, -0.1) is 11.3 Å². The summed E-state index contributed by atoms with van der Waals surface area (Å²) in [6.07, 6.45) is 0. The lowest BCUT2D eigenvalue weighted by Gasteiger charge is -2.48. The second kappa shape index (κ2) is 6.40. The fourth-order valence-corrected chi connectivity index (χ4v) is 8.64. The molecule has 156 valence electrons. The zero-order valence-electron chi connectivity index (χ0n) is 17.8. The van der Waals surface area contributed by atoms with Crippen molar-refractivity contribution >= 4 is 34.5 Å². The van der Waals surface area contributed by atoms with Gasteiger partial charge >= 0.3 is 0 Å². The summed E-state index contributed by atoms with van der Waals surface area (Å²) in [7, 11) is 0. The first-order valence-corrected chi connectivity index (χ1v) is 13.0. The van der Waals surface area contributed by atoms with Gasteiger partial charge in [0, 0.05) is 37.8 Å². The molecule has 3 aliphatic rings. The Bertz CT molecular complexity index is 1550. The van der Waals surface area contributed by atoms with Crippen LogP contribution in [0.5, 0.6) is 0 Å². The van der Waals surface area contributed by atoms with E-state index in [0.29, 0.717) is 0 Å². The van der Waals surface area contributed by atoms with E-state index in [1.54, 1.807) is 0 Å². The van der Waals surface area contributed by atoms with Gasteiger partial charge in [0.15, 0.2) is 0 Å². The van der Waals surface area contributed by atoms with E-state index in [2.05, 4.69) is 107 Å². The molecule has 1 nitrogen and oxygen atoms in total. The molecule has 33 heavy (non-hydrogen) atoms. The lowest BCUT2D eigenvalue weighted by Crippen LogP contribution is -2.40. The summed E-state index contributed by atoms with van der Waals surface area (Å²) in [4.78, 5) is 6.73. The number of para-hydroxylation sites is 1. The maximum atomic E-state index is 2.57. The highest BCUT2D eigenvalue weighted by atomic mass is 32.2. The molecule has 0 amide bonds. The van der Waals surface area contributed by atoms with Crippen molar-refractivity contribution in [3.05, 3.63) is 130 Å². The third-order valence-corrected chi connectivity index (χ3v) is 9.65. The number of fused-ring (bicyclic) bond motifs is 10. The SMILES string of the molecule is c1ccc2c(c1)CN1c3ccccc3C3(c4ccccc4Sc4ccccc43)c3scc-2c31. The highest BCUT2D eigenvalue weighted by molar-refractivity contribution is 7.99. The standard InChI is InChI=1S/C30H19NS2/c1-2-10-20-19(9-1)17-31-25-14-6-3-11-22(25)30(29-28(31)21(20)18-32-29)23-12-4-7-15-26(23)33-27-16-8-5-13-24(27)30/h1-16,18H,17H2. The van der Waals surface area contributed by atoms with E-state index in [4.69, 9.17) is 0 Å². The van der Waals surface area contributed by atoms with Crippen LogP contribution in [0.3, 0.4) is 0 Å². The van der Waals surface area contributed by atoms with Crippen LogP contribution < -0.4 is 4.90 Å². The molecule has 4 heterocycles. The number of benzene rings is 4. The van der Waals surface area contributed by atoms with Gasteiger partial charge in [0.2, 0.25) is 0 Å². The molecular weight excluding hydrogens is 438 g/mol. The highest BCUT2D eigenvalue weighted by Crippen LogP contribution is 2.65. The average molecular weight is 458 g/mol. The smallest absolute Gasteiger partial charge is 0.0857 e. The molecule has 3 heteroatoms. The van der Waals surface area contributed by atoms with Crippen molar-refractivity contribution in [3.63, 3.8) is 0 Å². The summed E-state index contributed by atoms with van der Waals surface area (Å²) in [5.74, 6) is 0. The molecule has 1 aromatic heterocycles. The van der Waals surface area contributed by atoms with Gasteiger partial charge in [-0.3, -0.25) is 0 Å². The van der Waals surface area contributed by atoms with Crippen molar-refractivity contribution in [1.29, 1.82) is 0 Å². The van der Waals surface area contributed by atoms with Gasteiger partial charge in [0.25, 0.3) is 0 Å². The molecule has 0 saturated heterocycles. The Morgan fingerprint density at radius 1 is 0.636 bits per heavy atom. The van der Waals surface area contributed by atoms with E-state index in [1.807, 2.05) is 23.1 Å². The third kappa shape index (κ3) is 2.15. The van der Waals surface area contributed by atoms with Gasteiger partial charge in [0.1, 0.15) is 0 Å². The molecule has 8 rings (SSSR count). The minimum Gasteiger partial charge on any atom is -0.335 e. The van der Waals surface area contributed by atoms with Gasteiger partial charge in [-0.1, -0.05) is 90.6 Å². The van der Waals surface area contributed by atoms with Crippen molar-refractivity contribution < 1.29 is 0 Å². The van der Waals surface area contributed by atoms with Crippen LogP contribution in [0.4, 0.5) is 11.4 Å². The first kappa shape index (κ1) is 18.2. The Balaban J connectivity index is 1.58. The molecule has 0 atom stereocenters. The normalized spacial score (nSPS) is 15.8. The molecule has 5 aromatic rings. The molecule has 4 aromatic carbocycles. The van der Waals surface area contributed by atoms with Crippen LogP contribution in [0, 0.1) is 0 Å². The van der Waals surface area contributed by atoms with Crippen LogP contribution in [-0.4, -0.2) is 0 Å². The second-order valence-corrected chi connectivity index (χ2v) is 10.9. The van der Waals surface area contributed by atoms with E-state index in [1.165, 1.54) is 59.4 Å². The van der Waals surface area contributed by atoms with Gasteiger partial charge in [0.05, 0.1) is 11.1 Å². The fourth-order valence-electron chi connectivity index (χ4n) is 6.13. The Morgan fingerprint density at radius 2 is 1.27 bits per heavy atom. The van der Waals surface area contributed by atoms with Gasteiger partial charge < -0.3 is 4.90 Å². The van der Waals surface area contributed by atoms with Crippen LogP contribution in [-0.2, 0) is 12.0 Å². The Kier molecular flexibility index (Phi) is 3.53. The average Bonchev–Trinajstić information content (AvgIpc) is 3.33. The predicted molar refractivity (Wildman–Crippen MR) is 138 cm³/mol. The maximum absolute atomic E-state index is 2.57. The van der Waals surface area contributed by atoms with E-state index in [0.717, 1.165) is 6.54 Å². The quantitative estimate of drug-likeness (QED) is 0.226. The summed E-state index contributed by atoms with van der Waals surface area (Å²) in [6, 6.07) is 36.1. The number of rotatable bonds is 0. The predicted octanol–water partition coefficient (Wildman–Crippen LogP) is 8.23. The van der Waals surface area contributed by atoms with Crippen molar-refractivity contribution in [3.8, 4) is 11.1 Å². The van der Waals surface area contributed by atoms with Crippen molar-refractivity contribution in [2.45, 2.75) is 21.8 Å². The second-order valence-electron chi connectivity index (χ2n) is 8.93. The summed E-state index contributed by atoms with van der Waals surface area (Å²) >= 11 is 3.84. The molecular formula is C30H19NS2. The van der Waals surface area contributed by atoms with Crippen molar-refractivity contribution in [2.24, 2.45) is 0 Å². The molecule has 3 aliphatic heterocycles. The summed E-state index contributed by atoms with van der Waals surface area (Å²) in [5, 5.41) is 2.40. The highest BCUT2D eigenvalue weighted by Gasteiger charge is 2.52. The van der Waals surface area contributed by atoms with Gasteiger partial charge in [-0.05, 0) is 46.0 Å². The molecule has 1 spiro atoms. The Morgan fingerprint density at radius 3 is 2.06 bits per heavy atom. The number of nitrogens with zero attached hydrogens (tertiary/aromatic N) is 1. The zero-order chi connectivity index (χ0) is 21.6. The topological polar surface area (TPSA) is 3.24 Å². The molecule has 0 radical (unpaired) electrons. The van der Waals surface area contributed by atoms with Crippen molar-refractivity contribution in [1.82, 2.24) is 0 Å². The summed E-state index contributed by atoms with van der Waals surface area (Å²) in [5.41, 5.74) is 10.8. The first-order valence-electron chi connectivity index (χ1n) is 11.3.